The SMILES string of the molecule is CC(C)OCCNCC(O)c1c(F)cccc1F. The summed E-state index contributed by atoms with van der Waals surface area (Å²) in [7, 11) is 0. The lowest BCUT2D eigenvalue weighted by Gasteiger charge is -2.14. The number of aliphatic hydroxyl groups is 1. The van der Waals surface area contributed by atoms with Gasteiger partial charge in [0, 0.05) is 13.1 Å². The highest BCUT2D eigenvalue weighted by atomic mass is 19.1. The molecule has 0 fully saturated rings. The van der Waals surface area contributed by atoms with Gasteiger partial charge in [-0.25, -0.2) is 8.78 Å². The van der Waals surface area contributed by atoms with Crippen molar-refractivity contribution < 1.29 is 18.6 Å². The first kappa shape index (κ1) is 15.0. The van der Waals surface area contributed by atoms with Crippen molar-refractivity contribution in [2.75, 3.05) is 19.7 Å². The van der Waals surface area contributed by atoms with Crippen molar-refractivity contribution in [3.8, 4) is 0 Å². The predicted molar refractivity (Wildman–Crippen MR) is 65.3 cm³/mol. The van der Waals surface area contributed by atoms with Crippen LogP contribution in [0.15, 0.2) is 18.2 Å². The van der Waals surface area contributed by atoms with E-state index in [-0.39, 0.29) is 18.2 Å². The number of rotatable bonds is 7. The molecule has 1 rings (SSSR count). The molecule has 0 aromatic heterocycles. The van der Waals surface area contributed by atoms with E-state index in [2.05, 4.69) is 5.32 Å². The lowest BCUT2D eigenvalue weighted by molar-refractivity contribution is 0.0778. The Balaban J connectivity index is 2.39. The first-order chi connectivity index (χ1) is 8.52. The fourth-order valence-electron chi connectivity index (χ4n) is 1.54. The molecule has 5 heteroatoms. The average Bonchev–Trinajstić information content (AvgIpc) is 2.27. The second kappa shape index (κ2) is 7.41. The van der Waals surface area contributed by atoms with Gasteiger partial charge in [-0.1, -0.05) is 6.07 Å². The highest BCUT2D eigenvalue weighted by Crippen LogP contribution is 2.19. The van der Waals surface area contributed by atoms with E-state index >= 15 is 0 Å². The number of halogens is 2. The topological polar surface area (TPSA) is 41.5 Å². The lowest BCUT2D eigenvalue weighted by Crippen LogP contribution is -2.27. The van der Waals surface area contributed by atoms with Gasteiger partial charge in [-0.3, -0.25) is 0 Å². The molecule has 3 nitrogen and oxygen atoms in total. The van der Waals surface area contributed by atoms with E-state index in [9.17, 15) is 13.9 Å². The molecule has 1 atom stereocenters. The van der Waals surface area contributed by atoms with Crippen molar-refractivity contribution in [2.45, 2.75) is 26.1 Å². The van der Waals surface area contributed by atoms with E-state index in [4.69, 9.17) is 4.74 Å². The summed E-state index contributed by atoms with van der Waals surface area (Å²) in [6.07, 6.45) is -1.06. The predicted octanol–water partition coefficient (Wildman–Crippen LogP) is 2.01. The van der Waals surface area contributed by atoms with E-state index in [1.807, 2.05) is 13.8 Å². The molecule has 0 radical (unpaired) electrons. The van der Waals surface area contributed by atoms with E-state index in [1.54, 1.807) is 0 Å². The smallest absolute Gasteiger partial charge is 0.131 e. The summed E-state index contributed by atoms with van der Waals surface area (Å²) in [6, 6.07) is 3.53. The molecule has 1 unspecified atom stereocenters. The van der Waals surface area contributed by atoms with Crippen LogP contribution in [0, 0.1) is 11.6 Å². The standard InChI is InChI=1S/C13H19F2NO2/c1-9(2)18-7-6-16-8-12(17)13-10(14)4-3-5-11(13)15/h3-5,9,12,16-17H,6-8H2,1-2H3. The van der Waals surface area contributed by atoms with Crippen LogP contribution in [0.1, 0.15) is 25.5 Å². The van der Waals surface area contributed by atoms with Crippen LogP contribution in [0.3, 0.4) is 0 Å². The molecule has 0 aliphatic rings. The molecule has 0 bridgehead atoms. The molecule has 0 amide bonds. The number of hydrogen-bond acceptors (Lipinski definition) is 3. The van der Waals surface area contributed by atoms with E-state index < -0.39 is 17.7 Å². The number of ether oxygens (including phenoxy) is 1. The Bertz CT molecular complexity index is 352. The first-order valence-electron chi connectivity index (χ1n) is 5.96. The van der Waals surface area contributed by atoms with Crippen molar-refractivity contribution >= 4 is 0 Å². The van der Waals surface area contributed by atoms with E-state index in [1.165, 1.54) is 6.07 Å². The highest BCUT2D eigenvalue weighted by Gasteiger charge is 2.16. The van der Waals surface area contributed by atoms with Gasteiger partial charge in [0.05, 0.1) is 24.4 Å². The van der Waals surface area contributed by atoms with Crippen LogP contribution in [-0.2, 0) is 4.74 Å². The van der Waals surface area contributed by atoms with Gasteiger partial charge in [-0.2, -0.15) is 0 Å². The Morgan fingerprint density at radius 3 is 2.44 bits per heavy atom. The summed E-state index contributed by atoms with van der Waals surface area (Å²) in [6.45, 7) is 4.93. The van der Waals surface area contributed by atoms with Crippen LogP contribution < -0.4 is 5.32 Å². The second-order valence-corrected chi connectivity index (χ2v) is 4.27. The van der Waals surface area contributed by atoms with Crippen LogP contribution >= 0.6 is 0 Å². The third-order valence-corrected chi connectivity index (χ3v) is 2.40. The summed E-state index contributed by atoms with van der Waals surface area (Å²) >= 11 is 0. The van der Waals surface area contributed by atoms with Gasteiger partial charge in [-0.15, -0.1) is 0 Å². The number of aliphatic hydroxyl groups excluding tert-OH is 1. The number of hydrogen-bond donors (Lipinski definition) is 2. The molecule has 2 N–H and O–H groups in total. The number of nitrogens with one attached hydrogen (secondary N) is 1. The summed E-state index contributed by atoms with van der Waals surface area (Å²) in [5.41, 5.74) is -0.297. The molecule has 102 valence electrons. The molecule has 0 saturated carbocycles. The Labute approximate surface area is 106 Å². The molecular formula is C13H19F2NO2. The third-order valence-electron chi connectivity index (χ3n) is 2.40. The number of benzene rings is 1. The molecule has 0 heterocycles. The minimum absolute atomic E-state index is 0.0826. The molecule has 18 heavy (non-hydrogen) atoms. The molecule has 1 aromatic carbocycles. The summed E-state index contributed by atoms with van der Waals surface area (Å²) in [4.78, 5) is 0. The second-order valence-electron chi connectivity index (χ2n) is 4.27. The third kappa shape index (κ3) is 4.68. The molecule has 0 aliphatic carbocycles. The minimum Gasteiger partial charge on any atom is -0.387 e. The Morgan fingerprint density at radius 2 is 1.89 bits per heavy atom. The van der Waals surface area contributed by atoms with Crippen LogP contribution in [0.25, 0.3) is 0 Å². The Hall–Kier alpha value is -1.04. The molecule has 1 aromatic rings. The van der Waals surface area contributed by atoms with Crippen LogP contribution in [-0.4, -0.2) is 30.9 Å². The summed E-state index contributed by atoms with van der Waals surface area (Å²) in [5.74, 6) is -1.47. The maximum Gasteiger partial charge on any atom is 0.131 e. The van der Waals surface area contributed by atoms with Crippen molar-refractivity contribution in [3.63, 3.8) is 0 Å². The molecular weight excluding hydrogens is 240 g/mol. The van der Waals surface area contributed by atoms with Gasteiger partial charge in [0.25, 0.3) is 0 Å². The van der Waals surface area contributed by atoms with Gasteiger partial charge in [0.1, 0.15) is 11.6 Å². The molecule has 0 spiro atoms. The first-order valence-corrected chi connectivity index (χ1v) is 5.96. The molecule has 0 saturated heterocycles. The zero-order valence-electron chi connectivity index (χ0n) is 10.6. The lowest BCUT2D eigenvalue weighted by atomic mass is 10.1. The zero-order chi connectivity index (χ0) is 13.5. The summed E-state index contributed by atoms with van der Waals surface area (Å²) < 4.78 is 31.9. The van der Waals surface area contributed by atoms with Crippen molar-refractivity contribution in [2.24, 2.45) is 0 Å². The fraction of sp³-hybridized carbons (Fsp3) is 0.538. The van der Waals surface area contributed by atoms with Crippen molar-refractivity contribution in [3.05, 3.63) is 35.4 Å². The largest absolute Gasteiger partial charge is 0.387 e. The minimum atomic E-state index is -1.20. The Kier molecular flexibility index (Phi) is 6.18. The average molecular weight is 259 g/mol. The van der Waals surface area contributed by atoms with Gasteiger partial charge >= 0.3 is 0 Å². The Morgan fingerprint density at radius 1 is 1.28 bits per heavy atom. The highest BCUT2D eigenvalue weighted by molar-refractivity contribution is 5.22. The monoisotopic (exact) mass is 259 g/mol. The van der Waals surface area contributed by atoms with Gasteiger partial charge in [-0.05, 0) is 26.0 Å². The maximum absolute atomic E-state index is 13.3. The van der Waals surface area contributed by atoms with Gasteiger partial charge < -0.3 is 15.2 Å². The normalized spacial score (nSPS) is 13.0. The quantitative estimate of drug-likeness (QED) is 0.736. The van der Waals surface area contributed by atoms with Gasteiger partial charge in [0.15, 0.2) is 0 Å². The maximum atomic E-state index is 13.3. The van der Waals surface area contributed by atoms with Crippen LogP contribution in [0.2, 0.25) is 0 Å². The van der Waals surface area contributed by atoms with E-state index in [0.29, 0.717) is 13.2 Å². The fourth-order valence-corrected chi connectivity index (χ4v) is 1.54. The van der Waals surface area contributed by atoms with Gasteiger partial charge in [0.2, 0.25) is 0 Å². The van der Waals surface area contributed by atoms with Crippen molar-refractivity contribution in [1.82, 2.24) is 5.32 Å². The summed E-state index contributed by atoms with van der Waals surface area (Å²) in [5, 5.41) is 12.6. The van der Waals surface area contributed by atoms with Crippen LogP contribution in [0.4, 0.5) is 8.78 Å². The zero-order valence-corrected chi connectivity index (χ0v) is 10.6. The van der Waals surface area contributed by atoms with E-state index in [0.717, 1.165) is 12.1 Å². The molecule has 0 aliphatic heterocycles. The van der Waals surface area contributed by atoms with Crippen LogP contribution in [0.5, 0.6) is 0 Å². The van der Waals surface area contributed by atoms with Crippen molar-refractivity contribution in [1.29, 1.82) is 0 Å².